The van der Waals surface area contributed by atoms with Crippen LogP contribution >= 0.6 is 0 Å². The third kappa shape index (κ3) is 2.86. The highest BCUT2D eigenvalue weighted by Crippen LogP contribution is 2.35. The molecule has 0 saturated carbocycles. The van der Waals surface area contributed by atoms with Gasteiger partial charge in [0.25, 0.3) is 5.91 Å². The Kier molecular flexibility index (Phi) is 3.92. The number of fused-ring (bicyclic) bond motifs is 1. The minimum Gasteiger partial charge on any atom is -0.481 e. The van der Waals surface area contributed by atoms with Crippen LogP contribution in [0.1, 0.15) is 17.0 Å². The number of rotatable bonds is 3. The van der Waals surface area contributed by atoms with Crippen molar-refractivity contribution >= 4 is 11.9 Å². The Morgan fingerprint density at radius 2 is 1.72 bits per heavy atom. The van der Waals surface area contributed by atoms with Gasteiger partial charge in [-0.2, -0.15) is 0 Å². The first kappa shape index (κ1) is 15.7. The van der Waals surface area contributed by atoms with E-state index in [0.717, 1.165) is 16.9 Å². The molecule has 1 amide bonds. The summed E-state index contributed by atoms with van der Waals surface area (Å²) in [5, 5.41) is 9.58. The van der Waals surface area contributed by atoms with Crippen LogP contribution in [0, 0.1) is 5.92 Å². The molecule has 5 nitrogen and oxygen atoms in total. The lowest BCUT2D eigenvalue weighted by atomic mass is 9.89. The molecule has 0 aromatic heterocycles. The molecule has 1 saturated heterocycles. The highest BCUT2D eigenvalue weighted by molar-refractivity contribution is 5.84. The molecule has 2 aromatic carbocycles. The fraction of sp³-hybridized carbons (Fsp3) is 0.300. The van der Waals surface area contributed by atoms with Gasteiger partial charge in [-0.25, -0.2) is 0 Å². The van der Waals surface area contributed by atoms with Crippen LogP contribution in [-0.2, 0) is 16.0 Å². The van der Waals surface area contributed by atoms with Crippen molar-refractivity contribution < 1.29 is 19.4 Å². The molecule has 4 rings (SSSR count). The van der Waals surface area contributed by atoms with Crippen LogP contribution in [0.2, 0.25) is 0 Å². The van der Waals surface area contributed by atoms with Crippen LogP contribution in [0.25, 0.3) is 0 Å². The number of aliphatic carboxylic acids is 1. The average Bonchev–Trinajstić information content (AvgIpc) is 3.26. The maximum absolute atomic E-state index is 12.9. The molecule has 5 heteroatoms. The predicted octanol–water partition coefficient (Wildman–Crippen LogP) is 2.32. The molecule has 0 radical (unpaired) electrons. The highest BCUT2D eigenvalue weighted by atomic mass is 16.5. The predicted molar refractivity (Wildman–Crippen MR) is 91.5 cm³/mol. The van der Waals surface area contributed by atoms with Gasteiger partial charge in [-0.15, -0.1) is 0 Å². The van der Waals surface area contributed by atoms with Gasteiger partial charge >= 0.3 is 5.97 Å². The van der Waals surface area contributed by atoms with Gasteiger partial charge in [-0.3, -0.25) is 9.59 Å². The van der Waals surface area contributed by atoms with E-state index in [0.29, 0.717) is 13.0 Å². The molecule has 2 heterocycles. The van der Waals surface area contributed by atoms with E-state index in [1.54, 1.807) is 4.90 Å². The zero-order chi connectivity index (χ0) is 17.4. The minimum atomic E-state index is -0.861. The van der Waals surface area contributed by atoms with E-state index >= 15 is 0 Å². The van der Waals surface area contributed by atoms with Crippen molar-refractivity contribution in [3.63, 3.8) is 0 Å². The second-order valence-corrected chi connectivity index (χ2v) is 6.62. The molecule has 0 bridgehead atoms. The smallest absolute Gasteiger partial charge is 0.308 e. The second kappa shape index (κ2) is 6.24. The molecule has 0 unspecified atom stereocenters. The molecule has 0 spiro atoms. The maximum atomic E-state index is 12.9. The average molecular weight is 337 g/mol. The van der Waals surface area contributed by atoms with Gasteiger partial charge in [0.2, 0.25) is 0 Å². The molecule has 1 fully saturated rings. The number of para-hydroxylation sites is 1. The number of carbonyl (C=O) groups excluding carboxylic acids is 1. The van der Waals surface area contributed by atoms with Crippen LogP contribution in [0.4, 0.5) is 0 Å². The molecule has 2 aliphatic rings. The van der Waals surface area contributed by atoms with Crippen molar-refractivity contribution in [2.45, 2.75) is 18.4 Å². The number of benzene rings is 2. The normalized spacial score (nSPS) is 24.6. The largest absolute Gasteiger partial charge is 0.481 e. The topological polar surface area (TPSA) is 66.8 Å². The number of hydrogen-bond acceptors (Lipinski definition) is 3. The zero-order valence-corrected chi connectivity index (χ0v) is 13.7. The van der Waals surface area contributed by atoms with E-state index in [1.165, 1.54) is 0 Å². The first-order chi connectivity index (χ1) is 12.1. The van der Waals surface area contributed by atoms with Crippen LogP contribution in [0.15, 0.2) is 54.6 Å². The first-order valence-corrected chi connectivity index (χ1v) is 8.44. The first-order valence-electron chi connectivity index (χ1n) is 8.44. The molecule has 3 atom stereocenters. The Hall–Kier alpha value is -2.82. The van der Waals surface area contributed by atoms with E-state index in [1.807, 2.05) is 54.6 Å². The summed E-state index contributed by atoms with van der Waals surface area (Å²) in [7, 11) is 0. The number of nitrogens with zero attached hydrogens (tertiary/aromatic N) is 1. The summed E-state index contributed by atoms with van der Waals surface area (Å²) in [6.07, 6.45) is -0.0134. The standard InChI is InChI=1S/C20H19NO4/c22-19(18-10-14-8-4-5-9-17(14)25-18)21-11-15(16(12-21)20(23)24)13-6-2-1-3-7-13/h1-9,15-16,18H,10-12H2,(H,23,24)/t15-,16-,18+/m1/s1. The van der Waals surface area contributed by atoms with Gasteiger partial charge < -0.3 is 14.7 Å². The molecule has 2 aliphatic heterocycles. The monoisotopic (exact) mass is 337 g/mol. The van der Waals surface area contributed by atoms with Gasteiger partial charge in [0.05, 0.1) is 5.92 Å². The maximum Gasteiger partial charge on any atom is 0.308 e. The number of likely N-dealkylation sites (tertiary alicyclic amines) is 1. The number of carboxylic acid groups (broad SMARTS) is 1. The van der Waals surface area contributed by atoms with Crippen LogP contribution in [0.5, 0.6) is 5.75 Å². The van der Waals surface area contributed by atoms with Crippen molar-refractivity contribution in [2.75, 3.05) is 13.1 Å². The Labute approximate surface area is 145 Å². The summed E-state index contributed by atoms with van der Waals surface area (Å²) in [4.78, 5) is 26.2. The van der Waals surface area contributed by atoms with Crippen molar-refractivity contribution in [2.24, 2.45) is 5.92 Å². The lowest BCUT2D eigenvalue weighted by molar-refractivity contribution is -0.142. The third-order valence-electron chi connectivity index (χ3n) is 5.10. The molecule has 128 valence electrons. The van der Waals surface area contributed by atoms with E-state index in [2.05, 4.69) is 0 Å². The number of carboxylic acids is 1. The molecular formula is C20H19NO4. The van der Waals surface area contributed by atoms with E-state index in [9.17, 15) is 14.7 Å². The summed E-state index contributed by atoms with van der Waals surface area (Å²) in [5.74, 6) is -1.02. The Balaban J connectivity index is 1.52. The lowest BCUT2D eigenvalue weighted by Gasteiger charge is -2.20. The fourth-order valence-electron chi connectivity index (χ4n) is 3.80. The molecule has 2 aromatic rings. The van der Waals surface area contributed by atoms with Gasteiger partial charge in [0.1, 0.15) is 5.75 Å². The summed E-state index contributed by atoms with van der Waals surface area (Å²) in [6, 6.07) is 17.2. The highest BCUT2D eigenvalue weighted by Gasteiger charge is 2.43. The van der Waals surface area contributed by atoms with Crippen LogP contribution in [0.3, 0.4) is 0 Å². The van der Waals surface area contributed by atoms with Crippen LogP contribution < -0.4 is 4.74 Å². The summed E-state index contributed by atoms with van der Waals surface area (Å²) >= 11 is 0. The van der Waals surface area contributed by atoms with Gasteiger partial charge in [-0.05, 0) is 17.2 Å². The van der Waals surface area contributed by atoms with E-state index < -0.39 is 18.0 Å². The SMILES string of the molecule is O=C(O)[C@@H]1CN(C(=O)[C@@H]2Cc3ccccc3O2)C[C@@H]1c1ccccc1. The van der Waals surface area contributed by atoms with Crippen LogP contribution in [-0.4, -0.2) is 41.1 Å². The Morgan fingerprint density at radius 3 is 2.44 bits per heavy atom. The second-order valence-electron chi connectivity index (χ2n) is 6.62. The number of ether oxygens (including phenoxy) is 1. The summed E-state index contributed by atoms with van der Waals surface area (Å²) in [6.45, 7) is 0.639. The minimum absolute atomic E-state index is 0.124. The molecule has 0 aliphatic carbocycles. The van der Waals surface area contributed by atoms with E-state index in [4.69, 9.17) is 4.74 Å². The number of hydrogen-bond donors (Lipinski definition) is 1. The molecule has 25 heavy (non-hydrogen) atoms. The van der Waals surface area contributed by atoms with Crippen molar-refractivity contribution in [3.05, 3.63) is 65.7 Å². The van der Waals surface area contributed by atoms with Gasteiger partial charge in [0, 0.05) is 25.4 Å². The molecular weight excluding hydrogens is 318 g/mol. The molecule has 1 N–H and O–H groups in total. The Morgan fingerprint density at radius 1 is 1.00 bits per heavy atom. The van der Waals surface area contributed by atoms with E-state index in [-0.39, 0.29) is 18.4 Å². The zero-order valence-electron chi connectivity index (χ0n) is 13.7. The Bertz CT molecular complexity index is 779. The quantitative estimate of drug-likeness (QED) is 0.933. The summed E-state index contributed by atoms with van der Waals surface area (Å²) in [5.41, 5.74) is 1.98. The van der Waals surface area contributed by atoms with Crippen molar-refractivity contribution in [1.82, 2.24) is 4.90 Å². The summed E-state index contributed by atoms with van der Waals surface area (Å²) < 4.78 is 5.78. The number of amides is 1. The fourth-order valence-corrected chi connectivity index (χ4v) is 3.80. The van der Waals surface area contributed by atoms with Crippen molar-refractivity contribution in [1.29, 1.82) is 0 Å². The lowest BCUT2D eigenvalue weighted by Crippen LogP contribution is -2.40. The van der Waals surface area contributed by atoms with Crippen molar-refractivity contribution in [3.8, 4) is 5.75 Å². The van der Waals surface area contributed by atoms with Gasteiger partial charge in [-0.1, -0.05) is 48.5 Å². The third-order valence-corrected chi connectivity index (χ3v) is 5.10. The van der Waals surface area contributed by atoms with Gasteiger partial charge in [0.15, 0.2) is 6.10 Å². The number of carbonyl (C=O) groups is 2.